The monoisotopic (exact) mass is 361 g/mol. The summed E-state index contributed by atoms with van der Waals surface area (Å²) in [6.07, 6.45) is -0.0102. The Morgan fingerprint density at radius 2 is 1.96 bits per heavy atom. The Morgan fingerprint density at radius 1 is 1.19 bits per heavy atom. The highest BCUT2D eigenvalue weighted by molar-refractivity contribution is 6.01. The lowest BCUT2D eigenvalue weighted by Gasteiger charge is -2.12. The molecule has 136 valence electrons. The number of carbonyl (C=O) groups is 2. The van der Waals surface area contributed by atoms with E-state index in [2.05, 4.69) is 20.7 Å². The van der Waals surface area contributed by atoms with Crippen molar-refractivity contribution >= 4 is 23.5 Å². The molecule has 27 heavy (non-hydrogen) atoms. The molecule has 1 atom stereocenters. The Morgan fingerprint density at radius 3 is 2.70 bits per heavy atom. The number of rotatable bonds is 4. The number of aryl methyl sites for hydroxylation is 2. The molecule has 0 unspecified atom stereocenters. The molecule has 0 saturated carbocycles. The van der Waals surface area contributed by atoms with Gasteiger partial charge in [-0.3, -0.25) is 14.9 Å². The minimum absolute atomic E-state index is 0.0102. The van der Waals surface area contributed by atoms with Crippen LogP contribution in [0.15, 0.2) is 48.5 Å². The zero-order chi connectivity index (χ0) is 19.0. The summed E-state index contributed by atoms with van der Waals surface area (Å²) in [4.78, 5) is 29.1. The second kappa shape index (κ2) is 6.68. The van der Waals surface area contributed by atoms with Gasteiger partial charge in [0.25, 0.3) is 5.91 Å². The number of nitrogens with zero attached hydrogens (tertiary/aromatic N) is 3. The van der Waals surface area contributed by atoms with Crippen LogP contribution in [0.3, 0.4) is 0 Å². The van der Waals surface area contributed by atoms with Crippen molar-refractivity contribution in [1.82, 2.24) is 14.8 Å². The van der Waals surface area contributed by atoms with Gasteiger partial charge in [-0.15, -0.1) is 5.10 Å². The molecule has 7 heteroatoms. The summed E-state index contributed by atoms with van der Waals surface area (Å²) in [5.74, 6) is 0.362. The van der Waals surface area contributed by atoms with Crippen LogP contribution in [0.25, 0.3) is 11.4 Å². The van der Waals surface area contributed by atoms with E-state index in [1.807, 2.05) is 62.4 Å². The highest BCUT2D eigenvalue weighted by atomic mass is 16.2. The van der Waals surface area contributed by atoms with Crippen LogP contribution < -0.4 is 10.6 Å². The van der Waals surface area contributed by atoms with E-state index in [0.717, 1.165) is 22.4 Å². The molecular weight excluding hydrogens is 342 g/mol. The molecule has 4 rings (SSSR count). The summed E-state index contributed by atoms with van der Waals surface area (Å²) in [7, 11) is 0. The van der Waals surface area contributed by atoms with Crippen LogP contribution in [-0.2, 0) is 9.59 Å². The number of benzene rings is 2. The maximum Gasteiger partial charge on any atom is 0.252 e. The number of aromatic nitrogens is 3. The molecule has 2 heterocycles. The Hall–Kier alpha value is -3.48. The van der Waals surface area contributed by atoms with E-state index in [4.69, 9.17) is 0 Å². The number of nitrogens with one attached hydrogen (secondary N) is 2. The summed E-state index contributed by atoms with van der Waals surface area (Å²) in [5.41, 5.74) is 3.70. The standard InChI is InChI=1S/C20H19N5O2/c1-12-8-9-15(13(2)10-12)21-17(26)11-16-19(27)23-20-22-18(24-25(16)20)14-6-4-3-5-7-14/h3-10,16H,11H2,1-2H3,(H,21,26)(H,22,23,24,27)/t16-/m1/s1. The molecule has 0 aliphatic carbocycles. The van der Waals surface area contributed by atoms with Gasteiger partial charge in [0.2, 0.25) is 11.9 Å². The molecule has 1 aromatic heterocycles. The van der Waals surface area contributed by atoms with E-state index in [9.17, 15) is 9.59 Å². The topological polar surface area (TPSA) is 88.9 Å². The van der Waals surface area contributed by atoms with Crippen LogP contribution >= 0.6 is 0 Å². The van der Waals surface area contributed by atoms with Crippen LogP contribution in [-0.4, -0.2) is 26.6 Å². The maximum atomic E-state index is 12.5. The first-order chi connectivity index (χ1) is 13.0. The minimum atomic E-state index is -0.712. The molecular formula is C20H19N5O2. The van der Waals surface area contributed by atoms with E-state index in [1.165, 1.54) is 4.68 Å². The SMILES string of the molecule is Cc1ccc(NC(=O)C[C@@H]2C(=O)Nc3nc(-c4ccccc4)nn32)c(C)c1. The molecule has 1 aliphatic heterocycles. The van der Waals surface area contributed by atoms with Gasteiger partial charge < -0.3 is 5.32 Å². The second-order valence-electron chi connectivity index (χ2n) is 6.65. The van der Waals surface area contributed by atoms with Gasteiger partial charge in [-0.1, -0.05) is 48.0 Å². The largest absolute Gasteiger partial charge is 0.326 e. The quantitative estimate of drug-likeness (QED) is 0.747. The lowest BCUT2D eigenvalue weighted by atomic mass is 10.1. The van der Waals surface area contributed by atoms with E-state index in [1.54, 1.807) is 0 Å². The van der Waals surface area contributed by atoms with Gasteiger partial charge in [-0.25, -0.2) is 4.68 Å². The van der Waals surface area contributed by atoms with E-state index in [-0.39, 0.29) is 18.2 Å². The molecule has 2 N–H and O–H groups in total. The lowest BCUT2D eigenvalue weighted by Crippen LogP contribution is -2.24. The Bertz CT molecular complexity index is 1030. The Balaban J connectivity index is 1.52. The number of hydrogen-bond acceptors (Lipinski definition) is 4. The fraction of sp³-hybridized carbons (Fsp3) is 0.200. The molecule has 3 aromatic rings. The Kier molecular flexibility index (Phi) is 4.19. The third-order valence-corrected chi connectivity index (χ3v) is 4.53. The van der Waals surface area contributed by atoms with Gasteiger partial charge in [0, 0.05) is 11.3 Å². The number of fused-ring (bicyclic) bond motifs is 1. The van der Waals surface area contributed by atoms with Crippen molar-refractivity contribution in [3.05, 3.63) is 59.7 Å². The highest BCUT2D eigenvalue weighted by Gasteiger charge is 2.35. The fourth-order valence-corrected chi connectivity index (χ4v) is 3.15. The van der Waals surface area contributed by atoms with Gasteiger partial charge in [0.05, 0.1) is 6.42 Å². The smallest absolute Gasteiger partial charge is 0.252 e. The predicted octanol–water partition coefficient (Wildman–Crippen LogP) is 3.08. The first kappa shape index (κ1) is 17.0. The molecule has 0 radical (unpaired) electrons. The van der Waals surface area contributed by atoms with Gasteiger partial charge in [0.15, 0.2) is 5.82 Å². The normalized spacial score (nSPS) is 15.3. The number of hydrogen-bond donors (Lipinski definition) is 2. The van der Waals surface area contributed by atoms with Gasteiger partial charge in [0.1, 0.15) is 6.04 Å². The van der Waals surface area contributed by atoms with E-state index >= 15 is 0 Å². The number of amides is 2. The molecule has 2 amide bonds. The van der Waals surface area contributed by atoms with Crippen molar-refractivity contribution in [1.29, 1.82) is 0 Å². The van der Waals surface area contributed by atoms with Crippen LogP contribution in [0.4, 0.5) is 11.6 Å². The summed E-state index contributed by atoms with van der Waals surface area (Å²) >= 11 is 0. The van der Waals surface area contributed by atoms with Crippen molar-refractivity contribution in [2.45, 2.75) is 26.3 Å². The van der Waals surface area contributed by atoms with Gasteiger partial charge in [-0.05, 0) is 25.5 Å². The predicted molar refractivity (Wildman–Crippen MR) is 102 cm³/mol. The summed E-state index contributed by atoms with van der Waals surface area (Å²) in [6.45, 7) is 3.94. The highest BCUT2D eigenvalue weighted by Crippen LogP contribution is 2.28. The Labute approximate surface area is 156 Å². The van der Waals surface area contributed by atoms with Crippen molar-refractivity contribution in [2.75, 3.05) is 10.6 Å². The third kappa shape index (κ3) is 3.31. The summed E-state index contributed by atoms with van der Waals surface area (Å²) in [6, 6.07) is 14.6. The molecule has 7 nitrogen and oxygen atoms in total. The third-order valence-electron chi connectivity index (χ3n) is 4.53. The molecule has 0 bridgehead atoms. The zero-order valence-electron chi connectivity index (χ0n) is 15.1. The van der Waals surface area contributed by atoms with E-state index < -0.39 is 6.04 Å². The first-order valence-corrected chi connectivity index (χ1v) is 8.71. The van der Waals surface area contributed by atoms with Crippen molar-refractivity contribution in [2.24, 2.45) is 0 Å². The number of carbonyl (C=O) groups excluding carboxylic acids is 2. The average molecular weight is 361 g/mol. The van der Waals surface area contributed by atoms with Gasteiger partial charge >= 0.3 is 0 Å². The second-order valence-corrected chi connectivity index (χ2v) is 6.65. The van der Waals surface area contributed by atoms with Gasteiger partial charge in [-0.2, -0.15) is 4.98 Å². The fourth-order valence-electron chi connectivity index (χ4n) is 3.15. The van der Waals surface area contributed by atoms with E-state index in [0.29, 0.717) is 11.8 Å². The molecule has 0 spiro atoms. The van der Waals surface area contributed by atoms with Crippen LogP contribution in [0.2, 0.25) is 0 Å². The maximum absolute atomic E-state index is 12.5. The molecule has 0 saturated heterocycles. The molecule has 2 aromatic carbocycles. The summed E-state index contributed by atoms with van der Waals surface area (Å²) < 4.78 is 1.49. The first-order valence-electron chi connectivity index (χ1n) is 8.71. The van der Waals surface area contributed by atoms with Crippen LogP contribution in [0.5, 0.6) is 0 Å². The van der Waals surface area contributed by atoms with Crippen LogP contribution in [0, 0.1) is 13.8 Å². The minimum Gasteiger partial charge on any atom is -0.326 e. The zero-order valence-corrected chi connectivity index (χ0v) is 15.1. The van der Waals surface area contributed by atoms with Crippen molar-refractivity contribution < 1.29 is 9.59 Å². The molecule has 1 aliphatic rings. The number of anilines is 2. The summed E-state index contributed by atoms with van der Waals surface area (Å²) in [5, 5.41) is 9.99. The van der Waals surface area contributed by atoms with Crippen molar-refractivity contribution in [3.63, 3.8) is 0 Å². The van der Waals surface area contributed by atoms with Crippen molar-refractivity contribution in [3.8, 4) is 11.4 Å². The average Bonchev–Trinajstić information content (AvgIpc) is 3.17. The van der Waals surface area contributed by atoms with Crippen LogP contribution in [0.1, 0.15) is 23.6 Å². The molecule has 0 fully saturated rings. The lowest BCUT2D eigenvalue weighted by molar-refractivity contribution is -0.123.